The number of nitrogens with zero attached hydrogens (tertiary/aromatic N) is 2. The summed E-state index contributed by atoms with van der Waals surface area (Å²) in [5.74, 6) is 0.0151. The summed E-state index contributed by atoms with van der Waals surface area (Å²) in [5, 5.41) is 6.97. The molecular weight excluding hydrogens is 256 g/mol. The van der Waals surface area contributed by atoms with Crippen molar-refractivity contribution in [2.24, 2.45) is 5.73 Å². The monoisotopic (exact) mass is 280 g/mol. The SMILES string of the molecule is CCc1cc(C(=O)N2CCC(OCCCN)CC2)n[nH]1. The van der Waals surface area contributed by atoms with E-state index in [-0.39, 0.29) is 12.0 Å². The van der Waals surface area contributed by atoms with Crippen molar-refractivity contribution in [1.82, 2.24) is 15.1 Å². The highest BCUT2D eigenvalue weighted by atomic mass is 16.5. The number of piperidine rings is 1. The van der Waals surface area contributed by atoms with Gasteiger partial charge < -0.3 is 15.4 Å². The Balaban J connectivity index is 1.79. The third-order valence-electron chi connectivity index (χ3n) is 3.66. The number of aryl methyl sites for hydroxylation is 1. The van der Waals surface area contributed by atoms with Crippen LogP contribution in [0.5, 0.6) is 0 Å². The predicted octanol–water partition coefficient (Wildman–Crippen LogP) is 0.942. The van der Waals surface area contributed by atoms with Gasteiger partial charge in [-0.1, -0.05) is 6.92 Å². The van der Waals surface area contributed by atoms with Crippen LogP contribution >= 0.6 is 0 Å². The zero-order chi connectivity index (χ0) is 14.4. The number of hydrogen-bond acceptors (Lipinski definition) is 4. The van der Waals surface area contributed by atoms with Crippen LogP contribution in [0, 0.1) is 0 Å². The molecule has 3 N–H and O–H groups in total. The van der Waals surface area contributed by atoms with Gasteiger partial charge in [-0.05, 0) is 38.3 Å². The molecule has 0 aliphatic carbocycles. The number of likely N-dealkylation sites (tertiary alicyclic amines) is 1. The van der Waals surface area contributed by atoms with Crippen LogP contribution in [0.2, 0.25) is 0 Å². The van der Waals surface area contributed by atoms with Crippen LogP contribution in [-0.2, 0) is 11.2 Å². The number of amides is 1. The number of H-pyrrole nitrogens is 1. The normalized spacial score (nSPS) is 16.6. The molecule has 2 heterocycles. The zero-order valence-corrected chi connectivity index (χ0v) is 12.1. The molecule has 1 aliphatic rings. The highest BCUT2D eigenvalue weighted by molar-refractivity contribution is 5.92. The molecule has 6 nitrogen and oxygen atoms in total. The van der Waals surface area contributed by atoms with Crippen LogP contribution in [0.3, 0.4) is 0 Å². The number of ether oxygens (including phenoxy) is 1. The molecule has 0 aromatic carbocycles. The summed E-state index contributed by atoms with van der Waals surface area (Å²) in [6.45, 7) is 4.89. The van der Waals surface area contributed by atoms with E-state index in [1.165, 1.54) is 0 Å². The minimum absolute atomic E-state index is 0.0151. The molecule has 20 heavy (non-hydrogen) atoms. The Morgan fingerprint density at radius 3 is 2.90 bits per heavy atom. The first-order valence-corrected chi connectivity index (χ1v) is 7.39. The van der Waals surface area contributed by atoms with Gasteiger partial charge in [0.15, 0.2) is 0 Å². The van der Waals surface area contributed by atoms with Crippen LogP contribution in [0.1, 0.15) is 42.4 Å². The number of carbonyl (C=O) groups is 1. The van der Waals surface area contributed by atoms with E-state index in [1.54, 1.807) is 0 Å². The average Bonchev–Trinajstić information content (AvgIpc) is 2.96. The number of aromatic nitrogens is 2. The number of nitrogens with two attached hydrogens (primary N) is 1. The lowest BCUT2D eigenvalue weighted by Crippen LogP contribution is -2.41. The highest BCUT2D eigenvalue weighted by Crippen LogP contribution is 2.16. The van der Waals surface area contributed by atoms with E-state index >= 15 is 0 Å². The molecule has 6 heteroatoms. The Labute approximate surface area is 119 Å². The first kappa shape index (κ1) is 15.0. The Hall–Kier alpha value is -1.40. The zero-order valence-electron chi connectivity index (χ0n) is 12.1. The van der Waals surface area contributed by atoms with Crippen LogP contribution in [0.4, 0.5) is 0 Å². The Morgan fingerprint density at radius 2 is 2.30 bits per heavy atom. The van der Waals surface area contributed by atoms with Crippen molar-refractivity contribution in [3.05, 3.63) is 17.5 Å². The van der Waals surface area contributed by atoms with Crippen LogP contribution in [0.15, 0.2) is 6.07 Å². The first-order valence-electron chi connectivity index (χ1n) is 7.39. The second-order valence-electron chi connectivity index (χ2n) is 5.14. The number of hydrogen-bond donors (Lipinski definition) is 2. The molecule has 1 aromatic heterocycles. The summed E-state index contributed by atoms with van der Waals surface area (Å²) in [5.41, 5.74) is 6.95. The van der Waals surface area contributed by atoms with Crippen LogP contribution < -0.4 is 5.73 Å². The number of aromatic amines is 1. The van der Waals surface area contributed by atoms with Gasteiger partial charge in [-0.15, -0.1) is 0 Å². The summed E-state index contributed by atoms with van der Waals surface area (Å²) >= 11 is 0. The quantitative estimate of drug-likeness (QED) is 0.760. The van der Waals surface area contributed by atoms with E-state index in [4.69, 9.17) is 10.5 Å². The molecular formula is C14H24N4O2. The van der Waals surface area contributed by atoms with Gasteiger partial charge in [0, 0.05) is 25.4 Å². The van der Waals surface area contributed by atoms with E-state index in [2.05, 4.69) is 10.2 Å². The summed E-state index contributed by atoms with van der Waals surface area (Å²) in [4.78, 5) is 14.1. The van der Waals surface area contributed by atoms with Crippen molar-refractivity contribution in [2.75, 3.05) is 26.2 Å². The van der Waals surface area contributed by atoms with E-state index in [9.17, 15) is 4.79 Å². The fraction of sp³-hybridized carbons (Fsp3) is 0.714. The van der Waals surface area contributed by atoms with E-state index in [0.29, 0.717) is 18.8 Å². The number of rotatable bonds is 6. The van der Waals surface area contributed by atoms with Gasteiger partial charge in [-0.2, -0.15) is 5.10 Å². The lowest BCUT2D eigenvalue weighted by Gasteiger charge is -2.31. The van der Waals surface area contributed by atoms with Crippen LogP contribution in [-0.4, -0.2) is 53.3 Å². The predicted molar refractivity (Wildman–Crippen MR) is 76.5 cm³/mol. The van der Waals surface area contributed by atoms with Crippen LogP contribution in [0.25, 0.3) is 0 Å². The highest BCUT2D eigenvalue weighted by Gasteiger charge is 2.25. The van der Waals surface area contributed by atoms with Gasteiger partial charge >= 0.3 is 0 Å². The summed E-state index contributed by atoms with van der Waals surface area (Å²) < 4.78 is 5.74. The number of nitrogens with one attached hydrogen (secondary N) is 1. The Bertz CT molecular complexity index is 425. The Kier molecular flexibility index (Phi) is 5.55. The minimum atomic E-state index is 0.0151. The summed E-state index contributed by atoms with van der Waals surface area (Å²) in [6, 6.07) is 1.84. The molecule has 0 bridgehead atoms. The fourth-order valence-corrected chi connectivity index (χ4v) is 2.37. The van der Waals surface area contributed by atoms with Crippen molar-refractivity contribution >= 4 is 5.91 Å². The van der Waals surface area contributed by atoms with E-state index in [1.807, 2.05) is 17.9 Å². The smallest absolute Gasteiger partial charge is 0.274 e. The van der Waals surface area contributed by atoms with Crippen molar-refractivity contribution < 1.29 is 9.53 Å². The molecule has 1 aliphatic heterocycles. The number of carbonyl (C=O) groups excluding carboxylic acids is 1. The van der Waals surface area contributed by atoms with Gasteiger partial charge in [0.25, 0.3) is 5.91 Å². The second-order valence-corrected chi connectivity index (χ2v) is 5.14. The molecule has 1 amide bonds. The lowest BCUT2D eigenvalue weighted by molar-refractivity contribution is 0.00829. The average molecular weight is 280 g/mol. The lowest BCUT2D eigenvalue weighted by atomic mass is 10.1. The van der Waals surface area contributed by atoms with Crippen molar-refractivity contribution in [3.8, 4) is 0 Å². The third kappa shape index (κ3) is 3.80. The largest absolute Gasteiger partial charge is 0.378 e. The maximum absolute atomic E-state index is 12.3. The van der Waals surface area contributed by atoms with Crippen molar-refractivity contribution in [2.45, 2.75) is 38.7 Å². The minimum Gasteiger partial charge on any atom is -0.378 e. The molecule has 0 saturated carbocycles. The molecule has 0 spiro atoms. The molecule has 0 unspecified atom stereocenters. The molecule has 1 saturated heterocycles. The third-order valence-corrected chi connectivity index (χ3v) is 3.66. The van der Waals surface area contributed by atoms with Gasteiger partial charge in [-0.25, -0.2) is 0 Å². The molecule has 112 valence electrons. The van der Waals surface area contributed by atoms with Crippen molar-refractivity contribution in [1.29, 1.82) is 0 Å². The Morgan fingerprint density at radius 1 is 1.55 bits per heavy atom. The second kappa shape index (κ2) is 7.40. The van der Waals surface area contributed by atoms with Gasteiger partial charge in [0.05, 0.1) is 6.10 Å². The molecule has 1 fully saturated rings. The maximum atomic E-state index is 12.3. The van der Waals surface area contributed by atoms with Gasteiger partial charge in [0.1, 0.15) is 5.69 Å². The molecule has 2 rings (SSSR count). The molecule has 1 aromatic rings. The standard InChI is InChI=1S/C14H24N4O2/c1-2-11-10-13(17-16-11)14(19)18-7-4-12(5-8-18)20-9-3-6-15/h10,12H,2-9,15H2,1H3,(H,16,17). The first-order chi connectivity index (χ1) is 9.74. The summed E-state index contributed by atoms with van der Waals surface area (Å²) in [7, 11) is 0. The fourth-order valence-electron chi connectivity index (χ4n) is 2.37. The van der Waals surface area contributed by atoms with Crippen molar-refractivity contribution in [3.63, 3.8) is 0 Å². The van der Waals surface area contributed by atoms with Gasteiger partial charge in [0.2, 0.25) is 0 Å². The maximum Gasteiger partial charge on any atom is 0.274 e. The summed E-state index contributed by atoms with van der Waals surface area (Å²) in [6.07, 6.45) is 3.79. The molecule has 0 radical (unpaired) electrons. The van der Waals surface area contributed by atoms with E-state index < -0.39 is 0 Å². The van der Waals surface area contributed by atoms with E-state index in [0.717, 1.165) is 44.5 Å². The topological polar surface area (TPSA) is 84.2 Å². The molecule has 0 atom stereocenters. The van der Waals surface area contributed by atoms with Gasteiger partial charge in [-0.3, -0.25) is 9.89 Å².